The van der Waals surface area contributed by atoms with Crippen LogP contribution in [0.2, 0.25) is 0 Å². The number of furan rings is 1. The molecule has 0 unspecified atom stereocenters. The lowest BCUT2D eigenvalue weighted by atomic mass is 10.3. The van der Waals surface area contributed by atoms with Crippen LogP contribution in [0.3, 0.4) is 0 Å². The molecule has 1 nitrogen and oxygen atoms in total. The first-order valence-corrected chi connectivity index (χ1v) is 2.73. The van der Waals surface area contributed by atoms with Gasteiger partial charge in [0.25, 0.3) is 0 Å². The minimum Gasteiger partial charge on any atom is -0.464 e. The molecule has 0 bridgehead atoms. The van der Waals surface area contributed by atoms with Gasteiger partial charge in [0.2, 0.25) is 0 Å². The Labute approximate surface area is 55.7 Å². The van der Waals surface area contributed by atoms with Crippen molar-refractivity contribution in [3.63, 3.8) is 0 Å². The average Bonchev–Trinajstić information content (AvgIpc) is 2.31. The molecule has 1 aromatic carbocycles. The van der Waals surface area contributed by atoms with Crippen LogP contribution < -0.4 is 0 Å². The van der Waals surface area contributed by atoms with Gasteiger partial charge < -0.3 is 4.42 Å². The first-order chi connectivity index (χ1) is 5.27. The Kier molecular flexibility index (Phi) is 0.552. The number of benzene rings is 1. The molecule has 0 aliphatic rings. The molecule has 0 aliphatic heterocycles. The Bertz CT molecular complexity index is 392. The molecule has 1 aromatic heterocycles. The van der Waals surface area contributed by atoms with E-state index in [0.717, 1.165) is 0 Å². The standard InChI is InChI=1S/C8H6O/c1-2-4-8-7(3-1)5-6-9-8/h1-6H/i3D,6D. The van der Waals surface area contributed by atoms with Crippen molar-refractivity contribution in [2.45, 2.75) is 0 Å². The average molecular weight is 120 g/mol. The number of rotatable bonds is 0. The monoisotopic (exact) mass is 120 g/mol. The summed E-state index contributed by atoms with van der Waals surface area (Å²) in [5, 5.41) is 0.706. The molecule has 0 spiro atoms. The van der Waals surface area contributed by atoms with Crippen LogP contribution >= 0.6 is 0 Å². The van der Waals surface area contributed by atoms with E-state index in [-0.39, 0.29) is 6.24 Å². The van der Waals surface area contributed by atoms with Crippen molar-refractivity contribution in [1.29, 1.82) is 0 Å². The van der Waals surface area contributed by atoms with Gasteiger partial charge in [0, 0.05) is 5.39 Å². The molecule has 0 fully saturated rings. The maximum absolute atomic E-state index is 7.43. The normalized spacial score (nSPS) is 13.3. The highest BCUT2D eigenvalue weighted by Crippen LogP contribution is 2.12. The van der Waals surface area contributed by atoms with Crippen LogP contribution in [0.15, 0.2) is 41.0 Å². The molecule has 0 radical (unpaired) electrons. The summed E-state index contributed by atoms with van der Waals surface area (Å²) in [5.74, 6) is 0. The van der Waals surface area contributed by atoms with E-state index in [9.17, 15) is 0 Å². The molecule has 2 aromatic rings. The van der Waals surface area contributed by atoms with Crippen LogP contribution in [-0.2, 0) is 0 Å². The summed E-state index contributed by atoms with van der Waals surface area (Å²) in [6.45, 7) is 0. The smallest absolute Gasteiger partial charge is 0.133 e. The van der Waals surface area contributed by atoms with E-state index in [1.165, 1.54) is 0 Å². The van der Waals surface area contributed by atoms with E-state index in [1.54, 1.807) is 24.3 Å². The van der Waals surface area contributed by atoms with Crippen LogP contribution in [0.25, 0.3) is 11.0 Å². The molecule has 0 N–H and O–H groups in total. The van der Waals surface area contributed by atoms with Gasteiger partial charge in [0.05, 0.1) is 7.61 Å². The molecule has 44 valence electrons. The first kappa shape index (κ1) is 3.06. The molecule has 0 saturated carbocycles. The summed E-state index contributed by atoms with van der Waals surface area (Å²) in [6, 6.07) is 7.14. The molecule has 0 aliphatic carbocycles. The topological polar surface area (TPSA) is 13.1 Å². The molecular formula is C8H6O. The second-order valence-electron chi connectivity index (χ2n) is 1.81. The molecule has 1 heterocycles. The van der Waals surface area contributed by atoms with Crippen molar-refractivity contribution in [2.75, 3.05) is 0 Å². The largest absolute Gasteiger partial charge is 0.464 e. The quantitative estimate of drug-likeness (QED) is 0.520. The van der Waals surface area contributed by atoms with Crippen molar-refractivity contribution in [3.05, 3.63) is 36.5 Å². The van der Waals surface area contributed by atoms with Gasteiger partial charge >= 0.3 is 0 Å². The Balaban J connectivity index is 2.90. The van der Waals surface area contributed by atoms with Crippen molar-refractivity contribution < 1.29 is 7.16 Å². The number of fused-ring (bicyclic) bond motifs is 1. The van der Waals surface area contributed by atoms with Gasteiger partial charge in [-0.25, -0.2) is 0 Å². The van der Waals surface area contributed by atoms with Crippen LogP contribution in [0.5, 0.6) is 0 Å². The van der Waals surface area contributed by atoms with E-state index in [4.69, 9.17) is 7.16 Å². The third-order valence-electron chi connectivity index (χ3n) is 1.22. The fraction of sp³-hybridized carbons (Fsp3) is 0. The van der Waals surface area contributed by atoms with Gasteiger partial charge in [-0.15, -0.1) is 0 Å². The van der Waals surface area contributed by atoms with E-state index in [0.29, 0.717) is 17.0 Å². The van der Waals surface area contributed by atoms with Gasteiger partial charge in [-0.05, 0) is 12.1 Å². The molecule has 9 heavy (non-hydrogen) atoms. The number of hydrogen-bond acceptors (Lipinski definition) is 1. The summed E-state index contributed by atoms with van der Waals surface area (Å²) in [7, 11) is 0. The Morgan fingerprint density at radius 2 is 2.33 bits per heavy atom. The minimum atomic E-state index is 0.111. The van der Waals surface area contributed by atoms with Crippen LogP contribution in [-0.4, -0.2) is 0 Å². The predicted molar refractivity (Wildman–Crippen MR) is 36.2 cm³/mol. The highest BCUT2D eigenvalue weighted by Gasteiger charge is 1.89. The van der Waals surface area contributed by atoms with Gasteiger partial charge in [-0.1, -0.05) is 18.2 Å². The van der Waals surface area contributed by atoms with E-state index in [2.05, 4.69) is 0 Å². The molecular weight excluding hydrogens is 112 g/mol. The van der Waals surface area contributed by atoms with E-state index >= 15 is 0 Å². The highest BCUT2D eigenvalue weighted by molar-refractivity contribution is 5.76. The van der Waals surface area contributed by atoms with Crippen LogP contribution in [0.4, 0.5) is 0 Å². The number of hydrogen-bond donors (Lipinski definition) is 0. The predicted octanol–water partition coefficient (Wildman–Crippen LogP) is 2.43. The van der Waals surface area contributed by atoms with Gasteiger partial charge in [-0.3, -0.25) is 0 Å². The van der Waals surface area contributed by atoms with Gasteiger partial charge in [-0.2, -0.15) is 0 Å². The summed E-state index contributed by atoms with van der Waals surface area (Å²) in [4.78, 5) is 0. The molecule has 0 atom stereocenters. The second-order valence-corrected chi connectivity index (χ2v) is 1.81. The summed E-state index contributed by atoms with van der Waals surface area (Å²) < 4.78 is 19.6. The Morgan fingerprint density at radius 3 is 3.22 bits per heavy atom. The fourth-order valence-corrected chi connectivity index (χ4v) is 0.788. The fourth-order valence-electron chi connectivity index (χ4n) is 0.788. The zero-order valence-corrected chi connectivity index (χ0v) is 4.72. The minimum absolute atomic E-state index is 0.111. The van der Waals surface area contributed by atoms with Crippen molar-refractivity contribution in [3.8, 4) is 0 Å². The maximum Gasteiger partial charge on any atom is 0.133 e. The summed E-state index contributed by atoms with van der Waals surface area (Å²) >= 11 is 0. The van der Waals surface area contributed by atoms with E-state index in [1.807, 2.05) is 0 Å². The van der Waals surface area contributed by atoms with Crippen molar-refractivity contribution >= 4 is 11.0 Å². The third-order valence-corrected chi connectivity index (χ3v) is 1.22. The highest BCUT2D eigenvalue weighted by atomic mass is 16.3. The lowest BCUT2D eigenvalue weighted by Crippen LogP contribution is -1.57. The SMILES string of the molecule is [2H]c1cc2c([2H])cccc2o1. The van der Waals surface area contributed by atoms with E-state index < -0.39 is 0 Å². The lowest BCUT2D eigenvalue weighted by molar-refractivity contribution is 0.616. The molecule has 0 amide bonds. The molecule has 1 heteroatoms. The zero-order valence-electron chi connectivity index (χ0n) is 6.72. The van der Waals surface area contributed by atoms with Gasteiger partial charge in [0.1, 0.15) is 6.95 Å². The second kappa shape index (κ2) is 1.62. The van der Waals surface area contributed by atoms with Crippen LogP contribution in [0, 0.1) is 0 Å². The lowest BCUT2D eigenvalue weighted by Gasteiger charge is -1.81. The summed E-state index contributed by atoms with van der Waals surface area (Å²) in [6.07, 6.45) is 0.111. The summed E-state index contributed by atoms with van der Waals surface area (Å²) in [5.41, 5.74) is 0.613. The van der Waals surface area contributed by atoms with Crippen molar-refractivity contribution in [1.82, 2.24) is 0 Å². The van der Waals surface area contributed by atoms with Crippen molar-refractivity contribution in [2.24, 2.45) is 0 Å². The molecule has 0 saturated heterocycles. The first-order valence-electron chi connectivity index (χ1n) is 3.73. The van der Waals surface area contributed by atoms with Gasteiger partial charge in [0.15, 0.2) is 0 Å². The zero-order chi connectivity index (χ0) is 7.84. The third kappa shape index (κ3) is 0.617. The van der Waals surface area contributed by atoms with Crippen LogP contribution in [0.1, 0.15) is 2.74 Å². The Morgan fingerprint density at radius 1 is 1.33 bits per heavy atom. The molecule has 2 rings (SSSR count). The number of para-hydroxylation sites is 1. The Hall–Kier alpha value is -1.24. The maximum atomic E-state index is 7.43.